The highest BCUT2D eigenvalue weighted by molar-refractivity contribution is 8.22. The van der Waals surface area contributed by atoms with Gasteiger partial charge in [0.15, 0.2) is 0 Å². The van der Waals surface area contributed by atoms with Gasteiger partial charge in [-0.3, -0.25) is 0 Å². The normalized spacial score (nSPS) is 12.2. The molecule has 27 heavy (non-hydrogen) atoms. The Bertz CT molecular complexity index is 1000. The zero-order valence-corrected chi connectivity index (χ0v) is 18.0. The topological polar surface area (TPSA) is 0 Å². The third kappa shape index (κ3) is 4.23. The zero-order valence-electron chi connectivity index (χ0n) is 14.7. The summed E-state index contributed by atoms with van der Waals surface area (Å²) < 4.78 is 0. The molecule has 0 fully saturated rings. The molecule has 0 radical (unpaired) electrons. The molecule has 2 aromatic heterocycles. The molecule has 0 saturated heterocycles. The van der Waals surface area contributed by atoms with Crippen LogP contribution in [0.2, 0.25) is 0 Å². The molecule has 0 bridgehead atoms. The van der Waals surface area contributed by atoms with E-state index in [0.717, 1.165) is 6.16 Å². The van der Waals surface area contributed by atoms with Crippen LogP contribution in [0.1, 0.15) is 9.75 Å². The average Bonchev–Trinajstić information content (AvgIpc) is 3.43. The fourth-order valence-electron chi connectivity index (χ4n) is 3.11. The van der Waals surface area contributed by atoms with Crippen LogP contribution in [0, 0.1) is 0 Å². The molecule has 4 aromatic rings. The Morgan fingerprint density at radius 3 is 1.85 bits per heavy atom. The summed E-state index contributed by atoms with van der Waals surface area (Å²) >= 11 is 10.0. The quantitative estimate of drug-likeness (QED) is 0.320. The monoisotopic (exact) mass is 422 g/mol. The summed E-state index contributed by atoms with van der Waals surface area (Å²) in [6.07, 6.45) is 3.21. The Labute approximate surface area is 173 Å². The first-order chi connectivity index (χ1) is 13.3. The molecule has 0 aliphatic heterocycles. The van der Waals surface area contributed by atoms with E-state index < -0.39 is 6.04 Å². The number of allylic oxidation sites excluding steroid dienone is 1. The molecule has 0 nitrogen and oxygen atoms in total. The summed E-state index contributed by atoms with van der Waals surface area (Å²) in [6.45, 7) is 0. The Morgan fingerprint density at radius 1 is 0.741 bits per heavy atom. The first-order valence-electron chi connectivity index (χ1n) is 8.74. The smallest absolute Gasteiger partial charge is 0.0306 e. The summed E-state index contributed by atoms with van der Waals surface area (Å²) in [5.41, 5.74) is 1.34. The van der Waals surface area contributed by atoms with E-state index in [0.29, 0.717) is 0 Å². The molecule has 2 heterocycles. The van der Waals surface area contributed by atoms with Gasteiger partial charge >= 0.3 is 0 Å². The van der Waals surface area contributed by atoms with Crippen molar-refractivity contribution in [3.8, 4) is 0 Å². The van der Waals surface area contributed by atoms with Crippen LogP contribution >= 0.6 is 28.7 Å². The minimum atomic E-state index is -1.96. The number of hydrogen-bond donors (Lipinski definition) is 0. The van der Waals surface area contributed by atoms with Gasteiger partial charge in [0.1, 0.15) is 0 Å². The standard InChI is InChI=1S/C23H19PS3/c25-24(20-9-3-1-4-10-20,21-11-5-2-6-12-21)18-19(23-14-8-16-27-23)17-22-13-7-15-26-22/h1-17H,18H2/b19-17-. The minimum absolute atomic E-state index is 0.884. The SMILES string of the molecule is S=P(C/C(=C/c1cccs1)c1cccs1)(c1ccccc1)c1ccccc1. The second-order valence-corrected chi connectivity index (χ2v) is 12.9. The van der Waals surface area contributed by atoms with E-state index in [1.165, 1.54) is 25.9 Å². The molecule has 0 atom stereocenters. The second-order valence-electron chi connectivity index (χ2n) is 6.23. The van der Waals surface area contributed by atoms with E-state index in [-0.39, 0.29) is 0 Å². The largest absolute Gasteiger partial charge is 0.144 e. The molecule has 4 heteroatoms. The van der Waals surface area contributed by atoms with Gasteiger partial charge in [-0.15, -0.1) is 22.7 Å². The Kier molecular flexibility index (Phi) is 5.85. The molecule has 2 aromatic carbocycles. The first kappa shape index (κ1) is 18.6. The molecule has 0 amide bonds. The van der Waals surface area contributed by atoms with E-state index >= 15 is 0 Å². The van der Waals surface area contributed by atoms with Crippen molar-refractivity contribution in [1.82, 2.24) is 0 Å². The highest BCUT2D eigenvalue weighted by Gasteiger charge is 2.24. The van der Waals surface area contributed by atoms with Gasteiger partial charge in [-0.05, 0) is 45.2 Å². The lowest BCUT2D eigenvalue weighted by molar-refractivity contribution is 1.69. The van der Waals surface area contributed by atoms with Crippen molar-refractivity contribution in [2.24, 2.45) is 0 Å². The van der Waals surface area contributed by atoms with Crippen molar-refractivity contribution in [3.63, 3.8) is 0 Å². The van der Waals surface area contributed by atoms with Crippen molar-refractivity contribution in [2.45, 2.75) is 0 Å². The lowest BCUT2D eigenvalue weighted by Gasteiger charge is -2.24. The zero-order chi connectivity index (χ0) is 18.5. The maximum atomic E-state index is 6.46. The van der Waals surface area contributed by atoms with E-state index in [1.54, 1.807) is 22.7 Å². The van der Waals surface area contributed by atoms with Crippen molar-refractivity contribution in [2.75, 3.05) is 6.16 Å². The average molecular weight is 423 g/mol. The molecule has 0 aliphatic carbocycles. The maximum Gasteiger partial charge on any atom is 0.0306 e. The van der Waals surface area contributed by atoms with Crippen molar-refractivity contribution in [1.29, 1.82) is 0 Å². The number of thiophene rings is 2. The number of rotatable bonds is 6. The lowest BCUT2D eigenvalue weighted by atomic mass is 10.2. The molecule has 0 spiro atoms. The van der Waals surface area contributed by atoms with Crippen LogP contribution < -0.4 is 10.6 Å². The van der Waals surface area contributed by atoms with Gasteiger partial charge in [0, 0.05) is 22.0 Å². The van der Waals surface area contributed by atoms with Crippen LogP contribution in [-0.2, 0) is 11.8 Å². The fraction of sp³-hybridized carbons (Fsp3) is 0.0435. The molecule has 134 valence electrons. The van der Waals surface area contributed by atoms with Crippen molar-refractivity contribution >= 4 is 62.8 Å². The first-order valence-corrected chi connectivity index (χ1v) is 13.5. The lowest BCUT2D eigenvalue weighted by Crippen LogP contribution is -2.18. The fourth-order valence-corrected chi connectivity index (χ4v) is 8.50. The second kappa shape index (κ2) is 8.50. The highest BCUT2D eigenvalue weighted by atomic mass is 32.4. The van der Waals surface area contributed by atoms with E-state index in [1.807, 2.05) is 0 Å². The van der Waals surface area contributed by atoms with E-state index in [9.17, 15) is 0 Å². The Balaban J connectivity index is 1.84. The van der Waals surface area contributed by atoms with Crippen LogP contribution in [0.3, 0.4) is 0 Å². The van der Waals surface area contributed by atoms with Crippen molar-refractivity contribution in [3.05, 3.63) is 105 Å². The molecule has 0 saturated carbocycles. The van der Waals surface area contributed by atoms with Gasteiger partial charge in [0.05, 0.1) is 0 Å². The van der Waals surface area contributed by atoms with Gasteiger partial charge in [-0.25, -0.2) is 0 Å². The molecule has 0 unspecified atom stereocenters. The Morgan fingerprint density at radius 2 is 1.33 bits per heavy atom. The summed E-state index contributed by atoms with van der Waals surface area (Å²) in [6, 6.07) is 28.0. The van der Waals surface area contributed by atoms with Crippen LogP contribution in [0.15, 0.2) is 95.7 Å². The van der Waals surface area contributed by atoms with Gasteiger partial charge in [0.2, 0.25) is 0 Å². The van der Waals surface area contributed by atoms with Crippen LogP contribution in [0.25, 0.3) is 11.6 Å². The van der Waals surface area contributed by atoms with E-state index in [2.05, 4.69) is 102 Å². The molecule has 4 rings (SSSR count). The summed E-state index contributed by atoms with van der Waals surface area (Å²) in [5, 5.41) is 6.83. The summed E-state index contributed by atoms with van der Waals surface area (Å²) in [7, 11) is 0. The summed E-state index contributed by atoms with van der Waals surface area (Å²) in [4.78, 5) is 2.59. The number of hydrogen-bond acceptors (Lipinski definition) is 3. The molecule has 0 aliphatic rings. The van der Waals surface area contributed by atoms with Gasteiger partial charge in [-0.1, -0.05) is 84.6 Å². The number of benzene rings is 2. The molecular weight excluding hydrogens is 403 g/mol. The maximum absolute atomic E-state index is 6.46. The van der Waals surface area contributed by atoms with Gasteiger partial charge in [0.25, 0.3) is 0 Å². The Hall–Kier alpha value is -1.77. The third-order valence-corrected chi connectivity index (χ3v) is 10.9. The third-order valence-electron chi connectivity index (χ3n) is 4.44. The van der Waals surface area contributed by atoms with Gasteiger partial charge < -0.3 is 0 Å². The van der Waals surface area contributed by atoms with Gasteiger partial charge in [-0.2, -0.15) is 0 Å². The van der Waals surface area contributed by atoms with Crippen LogP contribution in [0.4, 0.5) is 0 Å². The van der Waals surface area contributed by atoms with Crippen LogP contribution in [0.5, 0.6) is 0 Å². The molecule has 0 N–H and O–H groups in total. The predicted molar refractivity (Wildman–Crippen MR) is 128 cm³/mol. The predicted octanol–water partition coefficient (Wildman–Crippen LogP) is 6.48. The highest BCUT2D eigenvalue weighted by Crippen LogP contribution is 2.48. The molecular formula is C23H19PS3. The minimum Gasteiger partial charge on any atom is -0.144 e. The van der Waals surface area contributed by atoms with Crippen molar-refractivity contribution < 1.29 is 0 Å². The van der Waals surface area contributed by atoms with E-state index in [4.69, 9.17) is 11.8 Å². The summed E-state index contributed by atoms with van der Waals surface area (Å²) in [5.74, 6) is 0. The van der Waals surface area contributed by atoms with Crippen LogP contribution in [-0.4, -0.2) is 6.16 Å².